The van der Waals surface area contributed by atoms with Gasteiger partial charge in [-0.1, -0.05) is 31.5 Å². The summed E-state index contributed by atoms with van der Waals surface area (Å²) in [5.41, 5.74) is 3.02. The van der Waals surface area contributed by atoms with Crippen LogP contribution in [-0.2, 0) is 18.5 Å². The van der Waals surface area contributed by atoms with E-state index in [0.717, 1.165) is 16.7 Å². The van der Waals surface area contributed by atoms with Crippen molar-refractivity contribution in [2.45, 2.75) is 45.9 Å². The van der Waals surface area contributed by atoms with Crippen molar-refractivity contribution in [3.8, 4) is 18.0 Å². The molecule has 0 saturated heterocycles. The van der Waals surface area contributed by atoms with Crippen molar-refractivity contribution in [1.29, 1.82) is 10.5 Å². The Bertz CT molecular complexity index is 1080. The zero-order valence-electron chi connectivity index (χ0n) is 17.3. The smallest absolute Gasteiger partial charge is 0.388 e. The summed E-state index contributed by atoms with van der Waals surface area (Å²) >= 11 is 6.27. The third-order valence-electron chi connectivity index (χ3n) is 5.15. The summed E-state index contributed by atoms with van der Waals surface area (Å²) in [6.45, 7) is 4.52. The highest BCUT2D eigenvalue weighted by molar-refractivity contribution is 6.30. The molecule has 0 fully saturated rings. The predicted octanol–water partition coefficient (Wildman–Crippen LogP) is 4.14. The average molecular weight is 447 g/mol. The van der Waals surface area contributed by atoms with E-state index in [-0.39, 0.29) is 17.6 Å². The molecule has 3 rings (SSSR count). The number of pyridine rings is 2. The van der Waals surface area contributed by atoms with Gasteiger partial charge in [0.15, 0.2) is 0 Å². The molecule has 2 aromatic heterocycles. The van der Waals surface area contributed by atoms with Crippen molar-refractivity contribution in [1.82, 2.24) is 14.9 Å². The van der Waals surface area contributed by atoms with E-state index in [1.807, 2.05) is 19.9 Å². The topological polar surface area (TPSA) is 97.9 Å². The van der Waals surface area contributed by atoms with Crippen LogP contribution in [0.3, 0.4) is 0 Å². The summed E-state index contributed by atoms with van der Waals surface area (Å²) in [5.74, 6) is 0.356. The summed E-state index contributed by atoms with van der Waals surface area (Å²) in [6, 6.07) is 7.33. The molecule has 3 heterocycles. The van der Waals surface area contributed by atoms with Crippen molar-refractivity contribution >= 4 is 17.4 Å². The molecular weight excluding hydrogens is 426 g/mol. The van der Waals surface area contributed by atoms with Crippen molar-refractivity contribution in [2.75, 3.05) is 18.4 Å². The normalized spacial score (nSPS) is 15.1. The third-order valence-corrected chi connectivity index (χ3v) is 5.42. The third kappa shape index (κ3) is 4.84. The molecule has 0 amide bonds. The molecule has 0 spiro atoms. The fourth-order valence-electron chi connectivity index (χ4n) is 4.03. The number of nitriles is 2. The van der Waals surface area contributed by atoms with Crippen LogP contribution in [0.15, 0.2) is 12.1 Å². The molecule has 0 aromatic carbocycles. The molecule has 7 nitrogen and oxygen atoms in total. The minimum atomic E-state index is -2.93. The number of ether oxygens (including phenoxy) is 1. The van der Waals surface area contributed by atoms with Crippen LogP contribution in [0, 0.1) is 29.6 Å². The lowest BCUT2D eigenvalue weighted by molar-refractivity contribution is -0.0529. The Kier molecular flexibility index (Phi) is 6.59. The molecule has 1 aliphatic rings. The Labute approximate surface area is 184 Å². The highest BCUT2D eigenvalue weighted by Gasteiger charge is 2.37. The monoisotopic (exact) mass is 446 g/mol. The Balaban J connectivity index is 1.96. The van der Waals surface area contributed by atoms with Gasteiger partial charge in [-0.25, -0.2) is 9.97 Å². The molecule has 0 aliphatic carbocycles. The molecule has 0 saturated carbocycles. The summed E-state index contributed by atoms with van der Waals surface area (Å²) in [7, 11) is 0. The van der Waals surface area contributed by atoms with Gasteiger partial charge in [-0.05, 0) is 18.1 Å². The van der Waals surface area contributed by atoms with Gasteiger partial charge in [-0.2, -0.15) is 19.3 Å². The Morgan fingerprint density at radius 2 is 2.06 bits per heavy atom. The van der Waals surface area contributed by atoms with E-state index < -0.39 is 12.0 Å². The maximum atomic E-state index is 12.4. The van der Waals surface area contributed by atoms with Gasteiger partial charge >= 0.3 is 6.61 Å². The maximum Gasteiger partial charge on any atom is 0.388 e. The quantitative estimate of drug-likeness (QED) is 0.526. The van der Waals surface area contributed by atoms with E-state index in [1.165, 1.54) is 6.07 Å². The van der Waals surface area contributed by atoms with Gasteiger partial charge in [0.2, 0.25) is 5.88 Å². The molecule has 0 bridgehead atoms. The van der Waals surface area contributed by atoms with Crippen molar-refractivity contribution < 1.29 is 13.5 Å². The van der Waals surface area contributed by atoms with E-state index >= 15 is 0 Å². The Morgan fingerprint density at radius 3 is 2.68 bits per heavy atom. The van der Waals surface area contributed by atoms with Crippen LogP contribution in [0.25, 0.3) is 0 Å². The fourth-order valence-corrected chi connectivity index (χ4v) is 4.25. The first kappa shape index (κ1) is 22.7. The molecule has 0 unspecified atom stereocenters. The summed E-state index contributed by atoms with van der Waals surface area (Å²) in [4.78, 5) is 10.6. The molecule has 0 atom stereocenters. The Hall–Kier alpha value is -3.01. The first-order chi connectivity index (χ1) is 14.7. The second kappa shape index (κ2) is 9.01. The van der Waals surface area contributed by atoms with Gasteiger partial charge in [0.25, 0.3) is 0 Å². The number of rotatable bonds is 6. The molecule has 31 heavy (non-hydrogen) atoms. The lowest BCUT2D eigenvalue weighted by atomic mass is 9.76. The first-order valence-corrected chi connectivity index (χ1v) is 9.91. The molecule has 1 N–H and O–H groups in total. The SMILES string of the molecule is Cc1nc(OC(F)F)ccc1CN1Cc2c(NCC#N)nc(Cl)c(C#N)c2C(C)(C)C1. The predicted molar refractivity (Wildman–Crippen MR) is 111 cm³/mol. The van der Waals surface area contributed by atoms with E-state index in [0.29, 0.717) is 36.7 Å². The van der Waals surface area contributed by atoms with E-state index in [9.17, 15) is 14.0 Å². The molecule has 2 aromatic rings. The van der Waals surface area contributed by atoms with Crippen LogP contribution in [-0.4, -0.2) is 34.6 Å². The Morgan fingerprint density at radius 1 is 1.32 bits per heavy atom. The minimum Gasteiger partial charge on any atom is -0.417 e. The van der Waals surface area contributed by atoms with Crippen LogP contribution >= 0.6 is 11.6 Å². The summed E-state index contributed by atoms with van der Waals surface area (Å²) in [6.07, 6.45) is 0. The van der Waals surface area contributed by atoms with Gasteiger partial charge < -0.3 is 10.1 Å². The zero-order chi connectivity index (χ0) is 22.8. The van der Waals surface area contributed by atoms with Crippen LogP contribution in [0.5, 0.6) is 5.88 Å². The van der Waals surface area contributed by atoms with Crippen molar-refractivity contribution in [2.24, 2.45) is 0 Å². The number of halogens is 3. The van der Waals surface area contributed by atoms with Crippen LogP contribution in [0.2, 0.25) is 5.15 Å². The van der Waals surface area contributed by atoms with Crippen molar-refractivity contribution in [3.05, 3.63) is 45.2 Å². The van der Waals surface area contributed by atoms with Crippen LogP contribution < -0.4 is 10.1 Å². The van der Waals surface area contributed by atoms with Gasteiger partial charge in [-0.15, -0.1) is 0 Å². The number of alkyl halides is 2. The largest absolute Gasteiger partial charge is 0.417 e. The van der Waals surface area contributed by atoms with Crippen LogP contribution in [0.4, 0.5) is 14.6 Å². The molecule has 0 radical (unpaired) electrons. The van der Waals surface area contributed by atoms with Gasteiger partial charge in [0.1, 0.15) is 23.6 Å². The highest BCUT2D eigenvalue weighted by atomic mass is 35.5. The fraction of sp³-hybridized carbons (Fsp3) is 0.429. The van der Waals surface area contributed by atoms with Crippen molar-refractivity contribution in [3.63, 3.8) is 0 Å². The second-order valence-corrected chi connectivity index (χ2v) is 8.26. The van der Waals surface area contributed by atoms with E-state index in [1.54, 1.807) is 13.0 Å². The molecule has 162 valence electrons. The number of hydrogen-bond donors (Lipinski definition) is 1. The van der Waals surface area contributed by atoms with Gasteiger partial charge in [0, 0.05) is 42.4 Å². The second-order valence-electron chi connectivity index (χ2n) is 7.90. The first-order valence-electron chi connectivity index (χ1n) is 9.53. The number of anilines is 1. The lowest BCUT2D eigenvalue weighted by Crippen LogP contribution is -2.43. The molecule has 1 aliphatic heterocycles. The zero-order valence-corrected chi connectivity index (χ0v) is 18.1. The lowest BCUT2D eigenvalue weighted by Gasteiger charge is -2.41. The number of aryl methyl sites for hydroxylation is 1. The summed E-state index contributed by atoms with van der Waals surface area (Å²) in [5, 5.41) is 21.7. The number of fused-ring (bicyclic) bond motifs is 1. The number of nitrogens with one attached hydrogen (secondary N) is 1. The van der Waals surface area contributed by atoms with E-state index in [2.05, 4.69) is 31.0 Å². The highest BCUT2D eigenvalue weighted by Crippen LogP contribution is 2.41. The standard InChI is InChI=1S/C21H21ClF2N6O/c1-12-13(4-5-16(28-12)31-20(23)24)9-30-10-15-17(21(2,3)11-30)14(8-26)18(22)29-19(15)27-7-6-25/h4-5,20H,7,9-11H2,1-3H3,(H,27,29). The number of nitrogens with zero attached hydrogens (tertiary/aromatic N) is 5. The van der Waals surface area contributed by atoms with Gasteiger partial charge in [0.05, 0.1) is 11.6 Å². The summed E-state index contributed by atoms with van der Waals surface area (Å²) < 4.78 is 29.2. The molecular formula is C21H21ClF2N6O. The number of aromatic nitrogens is 2. The molecule has 10 heteroatoms. The number of hydrogen-bond acceptors (Lipinski definition) is 7. The minimum absolute atomic E-state index is 0.0523. The van der Waals surface area contributed by atoms with E-state index in [4.69, 9.17) is 16.9 Å². The maximum absolute atomic E-state index is 12.4. The van der Waals surface area contributed by atoms with Gasteiger partial charge in [-0.3, -0.25) is 4.90 Å². The van der Waals surface area contributed by atoms with Crippen LogP contribution in [0.1, 0.15) is 41.8 Å². The average Bonchev–Trinajstić information content (AvgIpc) is 2.68.